The van der Waals surface area contributed by atoms with Crippen LogP contribution in [-0.4, -0.2) is 67.1 Å². The van der Waals surface area contributed by atoms with Crippen LogP contribution < -0.4 is 19.5 Å². The molecule has 2 aromatic rings. The van der Waals surface area contributed by atoms with Crippen LogP contribution in [0.15, 0.2) is 36.5 Å². The number of pyridine rings is 1. The number of carbonyl (C=O) groups is 2. The Kier molecular flexibility index (Phi) is 9.96. The number of esters is 1. The first-order valence-corrected chi connectivity index (χ1v) is 12.4. The second-order valence-electron chi connectivity index (χ2n) is 9.33. The first-order valence-electron chi connectivity index (χ1n) is 12.4. The van der Waals surface area contributed by atoms with Crippen LogP contribution in [0.3, 0.4) is 0 Å². The van der Waals surface area contributed by atoms with Gasteiger partial charge in [0.1, 0.15) is 35.9 Å². The zero-order valence-corrected chi connectivity index (χ0v) is 21.9. The van der Waals surface area contributed by atoms with Gasteiger partial charge in [0.25, 0.3) is 5.91 Å². The number of hydrogen-bond acceptors (Lipinski definition) is 9. The molecule has 3 rings (SSSR count). The van der Waals surface area contributed by atoms with E-state index >= 15 is 0 Å². The van der Waals surface area contributed by atoms with Crippen LogP contribution >= 0.6 is 0 Å². The monoisotopic (exact) mass is 516 g/mol. The van der Waals surface area contributed by atoms with E-state index in [0.29, 0.717) is 37.4 Å². The fourth-order valence-corrected chi connectivity index (χ4v) is 4.07. The summed E-state index contributed by atoms with van der Waals surface area (Å²) in [6, 6.07) is 7.75. The number of aromatic nitrogens is 1. The van der Waals surface area contributed by atoms with Crippen LogP contribution in [0.1, 0.15) is 50.5 Å². The van der Waals surface area contributed by atoms with Crippen molar-refractivity contribution in [1.82, 2.24) is 10.3 Å². The predicted octanol–water partition coefficient (Wildman–Crippen LogP) is 3.51. The maximum atomic E-state index is 13.1. The fourth-order valence-electron chi connectivity index (χ4n) is 4.07. The molecule has 4 atom stereocenters. The van der Waals surface area contributed by atoms with Crippen LogP contribution in [0, 0.1) is 5.92 Å². The second kappa shape index (κ2) is 13.1. The summed E-state index contributed by atoms with van der Waals surface area (Å²) in [7, 11) is 2.97. The Morgan fingerprint density at radius 1 is 1.14 bits per heavy atom. The summed E-state index contributed by atoms with van der Waals surface area (Å²) in [6.45, 7) is 6.31. The van der Waals surface area contributed by atoms with E-state index in [1.54, 1.807) is 14.0 Å². The normalized spacial score (nSPS) is 22.3. The SMILES string of the molecule is COc1ccc(OC2CCCC(NC(=O)c3nccc(OC)c3O)C(=O)OC(C)C2OCC(C)C)cc1. The third kappa shape index (κ3) is 7.48. The zero-order valence-electron chi connectivity index (χ0n) is 21.9. The van der Waals surface area contributed by atoms with Gasteiger partial charge < -0.3 is 34.1 Å². The third-order valence-electron chi connectivity index (χ3n) is 5.99. The van der Waals surface area contributed by atoms with Gasteiger partial charge in [-0.2, -0.15) is 0 Å². The number of ether oxygens (including phenoxy) is 5. The lowest BCUT2D eigenvalue weighted by Crippen LogP contribution is -2.46. The van der Waals surface area contributed by atoms with E-state index < -0.39 is 42.0 Å². The molecule has 202 valence electrons. The van der Waals surface area contributed by atoms with Gasteiger partial charge in [-0.15, -0.1) is 0 Å². The van der Waals surface area contributed by atoms with Crippen molar-refractivity contribution in [2.24, 2.45) is 5.92 Å². The van der Waals surface area contributed by atoms with Gasteiger partial charge in [0.05, 0.1) is 14.2 Å². The summed E-state index contributed by atoms with van der Waals surface area (Å²) in [5, 5.41) is 12.9. The number of methoxy groups -OCH3 is 2. The highest BCUT2D eigenvalue weighted by Crippen LogP contribution is 2.29. The molecule has 1 aliphatic heterocycles. The highest BCUT2D eigenvalue weighted by atomic mass is 16.6. The lowest BCUT2D eigenvalue weighted by Gasteiger charge is -2.32. The Balaban J connectivity index is 1.78. The Morgan fingerprint density at radius 2 is 1.84 bits per heavy atom. The third-order valence-corrected chi connectivity index (χ3v) is 5.99. The van der Waals surface area contributed by atoms with Crippen LogP contribution in [0.25, 0.3) is 0 Å². The number of rotatable bonds is 9. The van der Waals surface area contributed by atoms with Gasteiger partial charge in [-0.25, -0.2) is 9.78 Å². The van der Waals surface area contributed by atoms with Crippen molar-refractivity contribution >= 4 is 11.9 Å². The molecule has 1 saturated heterocycles. The topological polar surface area (TPSA) is 125 Å². The molecule has 2 heterocycles. The minimum atomic E-state index is -0.937. The molecule has 10 nitrogen and oxygen atoms in total. The number of benzene rings is 1. The predicted molar refractivity (Wildman–Crippen MR) is 135 cm³/mol. The summed E-state index contributed by atoms with van der Waals surface area (Å²) in [4.78, 5) is 29.9. The molecule has 1 fully saturated rings. The summed E-state index contributed by atoms with van der Waals surface area (Å²) in [5.74, 6) is 0.0394. The molecule has 0 radical (unpaired) electrons. The standard InChI is InChI=1S/C27H36N2O8/c1-16(2)15-35-25-17(3)36-27(32)20(29-26(31)23-24(30)21(34-5)13-14-28-23)7-6-8-22(25)37-19-11-9-18(33-4)10-12-19/h9-14,16-17,20,22,25,30H,6-8,15H2,1-5H3,(H,29,31). The van der Waals surface area contributed by atoms with Gasteiger partial charge in [-0.1, -0.05) is 13.8 Å². The molecular weight excluding hydrogens is 480 g/mol. The Morgan fingerprint density at radius 3 is 2.49 bits per heavy atom. The molecule has 0 aliphatic carbocycles. The first-order chi connectivity index (χ1) is 17.7. The fraction of sp³-hybridized carbons (Fsp3) is 0.519. The average molecular weight is 517 g/mol. The van der Waals surface area contributed by atoms with Crippen LogP contribution in [0.2, 0.25) is 0 Å². The van der Waals surface area contributed by atoms with E-state index in [1.165, 1.54) is 19.4 Å². The summed E-state index contributed by atoms with van der Waals surface area (Å²) in [5.41, 5.74) is -0.237. The van der Waals surface area contributed by atoms with E-state index in [9.17, 15) is 14.7 Å². The Labute approximate surface area is 217 Å². The smallest absolute Gasteiger partial charge is 0.329 e. The molecule has 1 amide bonds. The number of nitrogens with one attached hydrogen (secondary N) is 1. The van der Waals surface area contributed by atoms with Crippen LogP contribution in [0.4, 0.5) is 0 Å². The van der Waals surface area contributed by atoms with Crippen LogP contribution in [0.5, 0.6) is 23.0 Å². The van der Waals surface area contributed by atoms with Crippen molar-refractivity contribution in [2.45, 2.75) is 64.4 Å². The summed E-state index contributed by atoms with van der Waals surface area (Å²) < 4.78 is 28.5. The summed E-state index contributed by atoms with van der Waals surface area (Å²) >= 11 is 0. The van der Waals surface area contributed by atoms with Gasteiger partial charge in [0.15, 0.2) is 17.2 Å². The molecule has 0 bridgehead atoms. The Hall–Kier alpha value is -3.53. The molecule has 0 saturated carbocycles. The van der Waals surface area contributed by atoms with E-state index in [2.05, 4.69) is 10.3 Å². The molecule has 1 aromatic carbocycles. The van der Waals surface area contributed by atoms with Crippen molar-refractivity contribution in [2.75, 3.05) is 20.8 Å². The van der Waals surface area contributed by atoms with E-state index in [-0.39, 0.29) is 17.4 Å². The van der Waals surface area contributed by atoms with Crippen molar-refractivity contribution in [3.8, 4) is 23.0 Å². The van der Waals surface area contributed by atoms with Gasteiger partial charge >= 0.3 is 5.97 Å². The maximum absolute atomic E-state index is 13.1. The lowest BCUT2D eigenvalue weighted by atomic mass is 10.0. The molecule has 37 heavy (non-hydrogen) atoms. The van der Waals surface area contributed by atoms with Gasteiger partial charge in [-0.05, 0) is 56.4 Å². The first kappa shape index (κ1) is 28.0. The van der Waals surface area contributed by atoms with Gasteiger partial charge in [0, 0.05) is 18.9 Å². The van der Waals surface area contributed by atoms with E-state index in [4.69, 9.17) is 23.7 Å². The molecule has 1 aliphatic rings. The van der Waals surface area contributed by atoms with Gasteiger partial charge in [-0.3, -0.25) is 4.79 Å². The van der Waals surface area contributed by atoms with Crippen molar-refractivity contribution in [1.29, 1.82) is 0 Å². The van der Waals surface area contributed by atoms with Gasteiger partial charge in [0.2, 0.25) is 0 Å². The minimum Gasteiger partial charge on any atom is -0.503 e. The molecular formula is C27H36N2O8. The maximum Gasteiger partial charge on any atom is 0.329 e. The average Bonchev–Trinajstić information content (AvgIpc) is 2.92. The van der Waals surface area contributed by atoms with E-state index in [0.717, 1.165) is 0 Å². The van der Waals surface area contributed by atoms with Crippen molar-refractivity contribution in [3.63, 3.8) is 0 Å². The minimum absolute atomic E-state index is 0.106. The highest BCUT2D eigenvalue weighted by molar-refractivity contribution is 5.97. The van der Waals surface area contributed by atoms with Crippen molar-refractivity contribution < 1.29 is 38.4 Å². The summed E-state index contributed by atoms with van der Waals surface area (Å²) in [6.07, 6.45) is 1.20. The molecule has 2 N–H and O–H groups in total. The number of cyclic esters (lactones) is 1. The van der Waals surface area contributed by atoms with E-state index in [1.807, 2.05) is 38.1 Å². The molecule has 1 aromatic heterocycles. The van der Waals surface area contributed by atoms with Crippen LogP contribution in [-0.2, 0) is 14.3 Å². The number of amides is 1. The Bertz CT molecular complexity index is 1040. The largest absolute Gasteiger partial charge is 0.503 e. The number of hydrogen-bond donors (Lipinski definition) is 2. The lowest BCUT2D eigenvalue weighted by molar-refractivity contribution is -0.163. The molecule has 0 spiro atoms. The number of carbonyl (C=O) groups excluding carboxylic acids is 2. The van der Waals surface area contributed by atoms with Crippen molar-refractivity contribution in [3.05, 3.63) is 42.2 Å². The highest BCUT2D eigenvalue weighted by Gasteiger charge is 2.36. The zero-order chi connectivity index (χ0) is 26.9. The second-order valence-corrected chi connectivity index (χ2v) is 9.33. The molecule has 4 unspecified atom stereocenters. The quantitative estimate of drug-likeness (QED) is 0.482. The molecule has 10 heteroatoms. The number of aromatic hydroxyl groups is 1. The number of nitrogens with zero attached hydrogens (tertiary/aromatic N) is 1.